The Morgan fingerprint density at radius 1 is 1.29 bits per heavy atom. The van der Waals surface area contributed by atoms with Crippen molar-refractivity contribution < 1.29 is 9.32 Å². The van der Waals surface area contributed by atoms with Gasteiger partial charge in [-0.3, -0.25) is 9.48 Å². The van der Waals surface area contributed by atoms with Crippen molar-refractivity contribution in [2.24, 2.45) is 13.0 Å². The van der Waals surface area contributed by atoms with Gasteiger partial charge in [-0.15, -0.1) is 12.4 Å². The molecule has 28 heavy (non-hydrogen) atoms. The van der Waals surface area contributed by atoms with E-state index in [1.165, 1.54) is 12.8 Å². The molecular weight excluding hydrogens is 380 g/mol. The predicted octanol–water partition coefficient (Wildman–Crippen LogP) is 2.20. The second-order valence-corrected chi connectivity index (χ2v) is 7.94. The summed E-state index contributed by atoms with van der Waals surface area (Å²) >= 11 is 0. The minimum Gasteiger partial charge on any atom is -0.343 e. The highest BCUT2D eigenvalue weighted by atomic mass is 35.5. The third-order valence-corrected chi connectivity index (χ3v) is 5.98. The molecule has 2 N–H and O–H groups in total. The van der Waals surface area contributed by atoms with Gasteiger partial charge < -0.3 is 15.2 Å². The number of nitrogens with one attached hydrogen (secondary N) is 2. The highest BCUT2D eigenvalue weighted by Crippen LogP contribution is 2.36. The quantitative estimate of drug-likeness (QED) is 0.752. The summed E-state index contributed by atoms with van der Waals surface area (Å²) in [5.74, 6) is 1.24. The second-order valence-electron chi connectivity index (χ2n) is 7.94. The Morgan fingerprint density at radius 3 is 2.64 bits per heavy atom. The monoisotopic (exact) mass is 408 g/mol. The van der Waals surface area contributed by atoms with E-state index in [4.69, 9.17) is 4.52 Å². The molecule has 1 saturated heterocycles. The number of amides is 1. The average molecular weight is 409 g/mol. The number of halogens is 1. The van der Waals surface area contributed by atoms with Crippen molar-refractivity contribution >= 4 is 18.3 Å². The molecule has 2 aromatic rings. The zero-order valence-electron chi connectivity index (χ0n) is 16.5. The minimum atomic E-state index is -0.520. The number of rotatable bonds is 4. The molecule has 9 heteroatoms. The van der Waals surface area contributed by atoms with Crippen molar-refractivity contribution in [3.05, 3.63) is 29.7 Å². The summed E-state index contributed by atoms with van der Waals surface area (Å²) in [5, 5.41) is 15.2. The van der Waals surface area contributed by atoms with Crippen LogP contribution in [0.25, 0.3) is 0 Å². The van der Waals surface area contributed by atoms with Gasteiger partial charge in [0.15, 0.2) is 5.82 Å². The van der Waals surface area contributed by atoms with Crippen molar-refractivity contribution in [1.29, 1.82) is 0 Å². The standard InChI is InChI=1S/C19H28N6O2.ClH/c1-13-22-18(24-27-13)19(7-5-3-4-6-8-19)23-17(26)16-11-20-10-15(16)14-9-21-25(2)12-14;/h9,12,15-16,20H,3-8,10-11H2,1-2H3,(H,23,26);1H/t15-,16+;/m1./s1. The Balaban J connectivity index is 0.00000225. The third kappa shape index (κ3) is 4.07. The van der Waals surface area contributed by atoms with E-state index >= 15 is 0 Å². The molecule has 1 amide bonds. The van der Waals surface area contributed by atoms with Gasteiger partial charge in [0.05, 0.1) is 12.1 Å². The summed E-state index contributed by atoms with van der Waals surface area (Å²) in [6.45, 7) is 3.26. The number of aryl methyl sites for hydroxylation is 2. The maximum Gasteiger partial charge on any atom is 0.225 e. The van der Waals surface area contributed by atoms with Gasteiger partial charge in [0.2, 0.25) is 11.8 Å². The fourth-order valence-electron chi connectivity index (χ4n) is 4.49. The van der Waals surface area contributed by atoms with Crippen LogP contribution in [-0.4, -0.2) is 38.9 Å². The normalized spacial score (nSPS) is 24.4. The van der Waals surface area contributed by atoms with Crippen molar-refractivity contribution in [1.82, 2.24) is 30.6 Å². The first-order chi connectivity index (χ1) is 13.1. The summed E-state index contributed by atoms with van der Waals surface area (Å²) in [7, 11) is 1.90. The summed E-state index contributed by atoms with van der Waals surface area (Å²) in [6, 6.07) is 0. The molecular formula is C19H29ClN6O2. The Kier molecular flexibility index (Phi) is 6.40. The molecule has 4 rings (SSSR count). The van der Waals surface area contributed by atoms with E-state index in [1.54, 1.807) is 11.6 Å². The van der Waals surface area contributed by atoms with Gasteiger partial charge >= 0.3 is 0 Å². The van der Waals surface area contributed by atoms with Gasteiger partial charge in [0, 0.05) is 39.2 Å². The highest BCUT2D eigenvalue weighted by molar-refractivity contribution is 5.85. The summed E-state index contributed by atoms with van der Waals surface area (Å²) in [5.41, 5.74) is 0.584. The lowest BCUT2D eigenvalue weighted by Gasteiger charge is -2.32. The van der Waals surface area contributed by atoms with Crippen molar-refractivity contribution in [2.75, 3.05) is 13.1 Å². The Labute approximate surface area is 171 Å². The topological polar surface area (TPSA) is 97.9 Å². The molecule has 2 atom stereocenters. The Bertz CT molecular complexity index is 796. The number of carbonyl (C=O) groups is 1. The summed E-state index contributed by atoms with van der Waals surface area (Å²) in [4.78, 5) is 17.8. The predicted molar refractivity (Wildman–Crippen MR) is 106 cm³/mol. The lowest BCUT2D eigenvalue weighted by atomic mass is 9.85. The lowest BCUT2D eigenvalue weighted by molar-refractivity contribution is -0.127. The van der Waals surface area contributed by atoms with Gasteiger partial charge in [-0.25, -0.2) is 0 Å². The van der Waals surface area contributed by atoms with Crippen LogP contribution in [0.1, 0.15) is 61.7 Å². The smallest absolute Gasteiger partial charge is 0.225 e. The number of hydrogen-bond acceptors (Lipinski definition) is 6. The van der Waals surface area contributed by atoms with Crippen LogP contribution < -0.4 is 10.6 Å². The number of nitrogens with zero attached hydrogens (tertiary/aromatic N) is 4. The Hall–Kier alpha value is -1.93. The second kappa shape index (κ2) is 8.61. The van der Waals surface area contributed by atoms with Crippen molar-refractivity contribution in [3.8, 4) is 0 Å². The van der Waals surface area contributed by atoms with E-state index in [1.807, 2.05) is 19.4 Å². The molecule has 0 radical (unpaired) electrons. The number of carbonyl (C=O) groups excluding carboxylic acids is 1. The van der Waals surface area contributed by atoms with E-state index < -0.39 is 5.54 Å². The maximum absolute atomic E-state index is 13.3. The zero-order chi connectivity index (χ0) is 18.9. The molecule has 3 heterocycles. The molecule has 2 fully saturated rings. The lowest BCUT2D eigenvalue weighted by Crippen LogP contribution is -2.49. The fourth-order valence-corrected chi connectivity index (χ4v) is 4.49. The molecule has 1 aliphatic heterocycles. The largest absolute Gasteiger partial charge is 0.343 e. The first kappa shape index (κ1) is 20.8. The van der Waals surface area contributed by atoms with E-state index in [9.17, 15) is 4.79 Å². The molecule has 2 aliphatic rings. The van der Waals surface area contributed by atoms with Crippen LogP contribution in [0.5, 0.6) is 0 Å². The van der Waals surface area contributed by atoms with Gasteiger partial charge in [-0.1, -0.05) is 30.8 Å². The molecule has 8 nitrogen and oxygen atoms in total. The molecule has 1 aliphatic carbocycles. The molecule has 2 aromatic heterocycles. The first-order valence-electron chi connectivity index (χ1n) is 9.89. The summed E-state index contributed by atoms with van der Waals surface area (Å²) in [6.07, 6.45) is 10.1. The van der Waals surface area contributed by atoms with Crippen LogP contribution in [-0.2, 0) is 17.4 Å². The third-order valence-electron chi connectivity index (χ3n) is 5.98. The van der Waals surface area contributed by atoms with Gasteiger partial charge in [0.1, 0.15) is 5.54 Å². The van der Waals surface area contributed by atoms with Gasteiger partial charge in [-0.2, -0.15) is 10.1 Å². The van der Waals surface area contributed by atoms with E-state index in [0.717, 1.165) is 37.8 Å². The SMILES string of the molecule is Cc1nc(C2(NC(=O)[C@H]3CNC[C@@H]3c3cnn(C)c3)CCCCCC2)no1.Cl. The molecule has 0 bridgehead atoms. The van der Waals surface area contributed by atoms with Gasteiger partial charge in [-0.05, 0) is 18.4 Å². The van der Waals surface area contributed by atoms with Crippen LogP contribution in [0.15, 0.2) is 16.9 Å². The fraction of sp³-hybridized carbons (Fsp3) is 0.684. The van der Waals surface area contributed by atoms with E-state index in [-0.39, 0.29) is 30.2 Å². The van der Waals surface area contributed by atoms with E-state index in [2.05, 4.69) is 25.9 Å². The highest BCUT2D eigenvalue weighted by Gasteiger charge is 2.42. The number of aromatic nitrogens is 4. The van der Waals surface area contributed by atoms with E-state index in [0.29, 0.717) is 18.3 Å². The molecule has 0 spiro atoms. The Morgan fingerprint density at radius 2 is 2.04 bits per heavy atom. The van der Waals surface area contributed by atoms with Crippen molar-refractivity contribution in [2.45, 2.75) is 56.9 Å². The average Bonchev–Trinajstić information content (AvgIpc) is 3.35. The van der Waals surface area contributed by atoms with Crippen LogP contribution in [0.3, 0.4) is 0 Å². The van der Waals surface area contributed by atoms with Crippen LogP contribution in [0.2, 0.25) is 0 Å². The molecule has 0 unspecified atom stereocenters. The molecule has 0 aromatic carbocycles. The first-order valence-corrected chi connectivity index (χ1v) is 9.89. The van der Waals surface area contributed by atoms with Crippen LogP contribution >= 0.6 is 12.4 Å². The number of hydrogen-bond donors (Lipinski definition) is 2. The van der Waals surface area contributed by atoms with Gasteiger partial charge in [0.25, 0.3) is 0 Å². The van der Waals surface area contributed by atoms with Crippen LogP contribution in [0.4, 0.5) is 0 Å². The minimum absolute atomic E-state index is 0. The van der Waals surface area contributed by atoms with Crippen molar-refractivity contribution in [3.63, 3.8) is 0 Å². The molecule has 1 saturated carbocycles. The maximum atomic E-state index is 13.3. The zero-order valence-corrected chi connectivity index (χ0v) is 17.3. The molecule has 154 valence electrons. The summed E-state index contributed by atoms with van der Waals surface area (Å²) < 4.78 is 7.04. The van der Waals surface area contributed by atoms with Crippen LogP contribution in [0, 0.1) is 12.8 Å².